The van der Waals surface area contributed by atoms with Crippen molar-refractivity contribution in [1.82, 2.24) is 0 Å². The Morgan fingerprint density at radius 1 is 1.05 bits per heavy atom. The van der Waals surface area contributed by atoms with Crippen LogP contribution in [-0.4, -0.2) is 0 Å². The lowest BCUT2D eigenvalue weighted by Gasteiger charge is -2.31. The average molecular weight is 279 g/mol. The maximum absolute atomic E-state index is 6.96. The topological polar surface area (TPSA) is 26.0 Å². The Kier molecular flexibility index (Phi) is 4.12. The Morgan fingerprint density at radius 3 is 2.76 bits per heavy atom. The highest BCUT2D eigenvalue weighted by Crippen LogP contribution is 2.37. The number of hydrogen-bond donors (Lipinski definition) is 1. The van der Waals surface area contributed by atoms with Gasteiger partial charge in [-0.1, -0.05) is 68.3 Å². The minimum absolute atomic E-state index is 0.323. The second-order valence-electron chi connectivity index (χ2n) is 6.29. The van der Waals surface area contributed by atoms with E-state index in [0.717, 1.165) is 19.3 Å². The fraction of sp³-hybridized carbons (Fsp3) is 0.400. The number of fused-ring (bicyclic) bond motifs is 1. The summed E-state index contributed by atoms with van der Waals surface area (Å²) in [4.78, 5) is 0. The van der Waals surface area contributed by atoms with E-state index in [2.05, 4.69) is 55.5 Å². The molecule has 1 nitrogen and oxygen atoms in total. The summed E-state index contributed by atoms with van der Waals surface area (Å²) in [7, 11) is 0. The van der Waals surface area contributed by atoms with E-state index < -0.39 is 0 Å². The van der Waals surface area contributed by atoms with Crippen LogP contribution in [0.1, 0.15) is 54.9 Å². The summed E-state index contributed by atoms with van der Waals surface area (Å²) in [5.74, 6) is 0. The molecule has 0 saturated heterocycles. The lowest BCUT2D eigenvalue weighted by atomic mass is 9.79. The molecule has 2 N–H and O–H groups in total. The van der Waals surface area contributed by atoms with Crippen LogP contribution in [0.4, 0.5) is 0 Å². The van der Waals surface area contributed by atoms with Crippen LogP contribution in [0.5, 0.6) is 0 Å². The van der Waals surface area contributed by atoms with Gasteiger partial charge in [0.2, 0.25) is 0 Å². The van der Waals surface area contributed by atoms with E-state index in [1.165, 1.54) is 41.5 Å². The molecular formula is C20H25N. The molecule has 1 heteroatoms. The summed E-state index contributed by atoms with van der Waals surface area (Å²) in [6.07, 6.45) is 6.94. The average Bonchev–Trinajstić information content (AvgIpc) is 2.69. The molecule has 0 radical (unpaired) electrons. The highest BCUT2D eigenvalue weighted by molar-refractivity contribution is 5.44. The van der Waals surface area contributed by atoms with Crippen LogP contribution >= 0.6 is 0 Å². The van der Waals surface area contributed by atoms with Crippen LogP contribution in [0.15, 0.2) is 48.5 Å². The number of aryl methyl sites for hydroxylation is 2. The third-order valence-corrected chi connectivity index (χ3v) is 4.75. The third kappa shape index (κ3) is 2.75. The van der Waals surface area contributed by atoms with Gasteiger partial charge in [0.1, 0.15) is 0 Å². The molecule has 0 aromatic heterocycles. The smallest absolute Gasteiger partial charge is 0.0668 e. The molecule has 1 aliphatic rings. The lowest BCUT2D eigenvalue weighted by molar-refractivity contribution is 0.479. The summed E-state index contributed by atoms with van der Waals surface area (Å²) >= 11 is 0. The van der Waals surface area contributed by atoms with E-state index in [1.807, 2.05) is 0 Å². The Labute approximate surface area is 128 Å². The molecule has 0 fully saturated rings. The van der Waals surface area contributed by atoms with Crippen LogP contribution in [0.3, 0.4) is 0 Å². The maximum Gasteiger partial charge on any atom is 0.0668 e. The standard InChI is InChI=1S/C20H25N/c1-2-8-16-9-7-12-18(15-16)20(21)14-6-5-11-17-10-3-4-13-19(17)20/h3-4,7,9-10,12-13,15H,2,5-6,8,11,14,21H2,1H3. The Hall–Kier alpha value is -1.60. The summed E-state index contributed by atoms with van der Waals surface area (Å²) in [5, 5.41) is 0. The molecule has 0 aliphatic heterocycles. The molecule has 21 heavy (non-hydrogen) atoms. The quantitative estimate of drug-likeness (QED) is 0.818. The molecule has 110 valence electrons. The molecule has 1 atom stereocenters. The first-order chi connectivity index (χ1) is 10.2. The van der Waals surface area contributed by atoms with Gasteiger partial charge >= 0.3 is 0 Å². The summed E-state index contributed by atoms with van der Waals surface area (Å²) in [6.45, 7) is 2.23. The Morgan fingerprint density at radius 2 is 1.90 bits per heavy atom. The van der Waals surface area contributed by atoms with Gasteiger partial charge in [-0.3, -0.25) is 0 Å². The number of rotatable bonds is 3. The molecule has 3 rings (SSSR count). The molecule has 0 spiro atoms. The van der Waals surface area contributed by atoms with Gasteiger partial charge in [-0.25, -0.2) is 0 Å². The predicted molar refractivity (Wildman–Crippen MR) is 89.4 cm³/mol. The Balaban J connectivity index is 2.09. The van der Waals surface area contributed by atoms with Crippen LogP contribution in [0, 0.1) is 0 Å². The fourth-order valence-corrected chi connectivity index (χ4v) is 3.62. The zero-order valence-electron chi connectivity index (χ0n) is 12.9. The summed E-state index contributed by atoms with van der Waals surface area (Å²) in [6, 6.07) is 17.7. The van der Waals surface area contributed by atoms with Crippen molar-refractivity contribution in [3.05, 3.63) is 70.8 Å². The molecule has 1 unspecified atom stereocenters. The van der Waals surface area contributed by atoms with Crippen molar-refractivity contribution in [2.75, 3.05) is 0 Å². The van der Waals surface area contributed by atoms with Gasteiger partial charge in [-0.05, 0) is 47.9 Å². The predicted octanol–water partition coefficient (Wildman–Crippen LogP) is 4.57. The van der Waals surface area contributed by atoms with Crippen molar-refractivity contribution in [3.8, 4) is 0 Å². The van der Waals surface area contributed by atoms with Crippen molar-refractivity contribution in [1.29, 1.82) is 0 Å². The van der Waals surface area contributed by atoms with Crippen molar-refractivity contribution >= 4 is 0 Å². The van der Waals surface area contributed by atoms with E-state index in [0.29, 0.717) is 0 Å². The van der Waals surface area contributed by atoms with Crippen molar-refractivity contribution in [3.63, 3.8) is 0 Å². The van der Waals surface area contributed by atoms with Gasteiger partial charge in [0.25, 0.3) is 0 Å². The minimum atomic E-state index is -0.323. The molecule has 0 bridgehead atoms. The van der Waals surface area contributed by atoms with Crippen LogP contribution < -0.4 is 5.73 Å². The SMILES string of the molecule is CCCc1cccc(C2(N)CCCCc3ccccc32)c1. The second kappa shape index (κ2) is 6.03. The zero-order chi connectivity index (χ0) is 14.7. The van der Waals surface area contributed by atoms with Crippen molar-refractivity contribution in [2.24, 2.45) is 5.73 Å². The third-order valence-electron chi connectivity index (χ3n) is 4.75. The first kappa shape index (κ1) is 14.3. The van der Waals surface area contributed by atoms with Crippen LogP contribution in [0.2, 0.25) is 0 Å². The van der Waals surface area contributed by atoms with Gasteiger partial charge in [0.05, 0.1) is 5.54 Å². The van der Waals surface area contributed by atoms with Crippen molar-refractivity contribution in [2.45, 2.75) is 51.0 Å². The van der Waals surface area contributed by atoms with Gasteiger partial charge in [-0.2, -0.15) is 0 Å². The monoisotopic (exact) mass is 279 g/mol. The summed E-state index contributed by atoms with van der Waals surface area (Å²) in [5.41, 5.74) is 12.1. The molecule has 1 aliphatic carbocycles. The van der Waals surface area contributed by atoms with Gasteiger partial charge in [0.15, 0.2) is 0 Å². The summed E-state index contributed by atoms with van der Waals surface area (Å²) < 4.78 is 0. The van der Waals surface area contributed by atoms with E-state index in [9.17, 15) is 0 Å². The van der Waals surface area contributed by atoms with Crippen LogP contribution in [0.25, 0.3) is 0 Å². The van der Waals surface area contributed by atoms with Gasteiger partial charge in [0, 0.05) is 0 Å². The largest absolute Gasteiger partial charge is 0.318 e. The molecule has 0 saturated carbocycles. The van der Waals surface area contributed by atoms with E-state index in [1.54, 1.807) is 0 Å². The molecule has 2 aromatic rings. The highest BCUT2D eigenvalue weighted by atomic mass is 14.7. The van der Waals surface area contributed by atoms with Crippen LogP contribution in [-0.2, 0) is 18.4 Å². The fourth-order valence-electron chi connectivity index (χ4n) is 3.62. The molecule has 2 aromatic carbocycles. The first-order valence-corrected chi connectivity index (χ1v) is 8.21. The van der Waals surface area contributed by atoms with Gasteiger partial charge in [-0.15, -0.1) is 0 Å². The highest BCUT2D eigenvalue weighted by Gasteiger charge is 2.32. The first-order valence-electron chi connectivity index (χ1n) is 8.21. The van der Waals surface area contributed by atoms with E-state index in [4.69, 9.17) is 5.73 Å². The van der Waals surface area contributed by atoms with Gasteiger partial charge < -0.3 is 5.73 Å². The molecule has 0 heterocycles. The normalized spacial score (nSPS) is 21.6. The Bertz CT molecular complexity index is 617. The van der Waals surface area contributed by atoms with Crippen molar-refractivity contribution < 1.29 is 0 Å². The minimum Gasteiger partial charge on any atom is -0.318 e. The second-order valence-corrected chi connectivity index (χ2v) is 6.29. The van der Waals surface area contributed by atoms with E-state index in [-0.39, 0.29) is 5.54 Å². The zero-order valence-corrected chi connectivity index (χ0v) is 12.9. The number of hydrogen-bond acceptors (Lipinski definition) is 1. The molecule has 0 amide bonds. The number of nitrogens with two attached hydrogens (primary N) is 1. The molecular weight excluding hydrogens is 254 g/mol. The maximum atomic E-state index is 6.96. The number of benzene rings is 2. The lowest BCUT2D eigenvalue weighted by Crippen LogP contribution is -2.38. The van der Waals surface area contributed by atoms with E-state index >= 15 is 0 Å².